The van der Waals surface area contributed by atoms with Crippen LogP contribution >= 0.6 is 35.6 Å². The molecule has 0 aliphatic carbocycles. The largest absolute Gasteiger partial charge is 0.495 e. The van der Waals surface area contributed by atoms with E-state index >= 15 is 0 Å². The number of thioether (sulfide) groups is 1. The Morgan fingerprint density at radius 1 is 1.24 bits per heavy atom. The number of hydrogen-bond acceptors (Lipinski definition) is 5. The Labute approximate surface area is 184 Å². The van der Waals surface area contributed by atoms with Crippen molar-refractivity contribution in [2.75, 3.05) is 19.0 Å². The number of thiocarbonyl (C=S) groups is 1. The average Bonchev–Trinajstić information content (AvgIpc) is 2.97. The number of rotatable bonds is 7. The van der Waals surface area contributed by atoms with E-state index in [0.717, 1.165) is 5.56 Å². The number of benzene rings is 2. The van der Waals surface area contributed by atoms with E-state index in [1.165, 1.54) is 16.7 Å². The zero-order valence-corrected chi connectivity index (χ0v) is 18.1. The number of halogens is 1. The lowest BCUT2D eigenvalue weighted by atomic mass is 10.2. The minimum Gasteiger partial charge on any atom is -0.495 e. The Bertz CT molecular complexity index is 978. The molecule has 0 radical (unpaired) electrons. The number of carbonyl (C=O) groups excluding carboxylic acids is 2. The van der Waals surface area contributed by atoms with Crippen LogP contribution in [0.1, 0.15) is 18.4 Å². The highest BCUT2D eigenvalue weighted by Gasteiger charge is 2.31. The van der Waals surface area contributed by atoms with E-state index in [-0.39, 0.29) is 18.2 Å². The Kier molecular flexibility index (Phi) is 7.30. The average molecular weight is 447 g/mol. The van der Waals surface area contributed by atoms with E-state index < -0.39 is 0 Å². The molecule has 3 rings (SSSR count). The number of ether oxygens (including phenoxy) is 1. The molecule has 0 unspecified atom stereocenters. The first kappa shape index (κ1) is 21.4. The standard InChI is InChI=1S/C21H19ClN2O3S2/c1-27-17-10-5-4-9-16(17)23-19(25)11-6-12-24-20(26)18(29-21(24)28)13-14-7-2-3-8-15(14)22/h2-5,7-10,13H,6,11-12H2,1H3,(H,23,25). The lowest BCUT2D eigenvalue weighted by Gasteiger charge is -2.14. The van der Waals surface area contributed by atoms with Crippen LogP contribution in [0.2, 0.25) is 5.02 Å². The topological polar surface area (TPSA) is 58.6 Å². The first-order chi connectivity index (χ1) is 14.0. The van der Waals surface area contributed by atoms with E-state index in [1.807, 2.05) is 30.3 Å². The first-order valence-electron chi connectivity index (χ1n) is 8.92. The van der Waals surface area contributed by atoms with Gasteiger partial charge in [-0.1, -0.05) is 65.9 Å². The van der Waals surface area contributed by atoms with Gasteiger partial charge in [0.2, 0.25) is 5.91 Å². The van der Waals surface area contributed by atoms with Crippen molar-refractivity contribution in [3.05, 3.63) is 64.0 Å². The molecule has 2 aromatic rings. The van der Waals surface area contributed by atoms with E-state index in [2.05, 4.69) is 5.32 Å². The number of anilines is 1. The van der Waals surface area contributed by atoms with Gasteiger partial charge in [0.1, 0.15) is 10.1 Å². The quantitative estimate of drug-likeness (QED) is 0.480. The predicted octanol–water partition coefficient (Wildman–Crippen LogP) is 4.97. The van der Waals surface area contributed by atoms with Gasteiger partial charge in [-0.25, -0.2) is 0 Å². The van der Waals surface area contributed by atoms with Crippen LogP contribution in [0.15, 0.2) is 53.4 Å². The van der Waals surface area contributed by atoms with Gasteiger partial charge >= 0.3 is 0 Å². The molecule has 0 spiro atoms. The molecule has 1 fully saturated rings. The summed E-state index contributed by atoms with van der Waals surface area (Å²) >= 11 is 12.7. The maximum absolute atomic E-state index is 12.7. The summed E-state index contributed by atoms with van der Waals surface area (Å²) in [5.74, 6) is 0.291. The molecule has 0 aromatic heterocycles. The van der Waals surface area contributed by atoms with Crippen LogP contribution in [-0.2, 0) is 9.59 Å². The van der Waals surface area contributed by atoms with Gasteiger partial charge < -0.3 is 10.1 Å². The van der Waals surface area contributed by atoms with Crippen molar-refractivity contribution in [3.63, 3.8) is 0 Å². The number of nitrogens with one attached hydrogen (secondary N) is 1. The maximum atomic E-state index is 12.7. The third-order valence-corrected chi connectivity index (χ3v) is 5.95. The van der Waals surface area contributed by atoms with Crippen molar-refractivity contribution in [3.8, 4) is 5.75 Å². The summed E-state index contributed by atoms with van der Waals surface area (Å²) in [6.07, 6.45) is 2.50. The minimum atomic E-state index is -0.162. The number of hydrogen-bond donors (Lipinski definition) is 1. The third kappa shape index (κ3) is 5.38. The van der Waals surface area contributed by atoms with Crippen LogP contribution in [0, 0.1) is 0 Å². The molecule has 0 saturated carbocycles. The molecule has 8 heteroatoms. The second-order valence-electron chi connectivity index (χ2n) is 6.21. The van der Waals surface area contributed by atoms with Gasteiger partial charge in [0.15, 0.2) is 0 Å². The Morgan fingerprint density at radius 3 is 2.72 bits per heavy atom. The summed E-state index contributed by atoms with van der Waals surface area (Å²) in [6, 6.07) is 14.5. The van der Waals surface area contributed by atoms with Crippen LogP contribution in [0.4, 0.5) is 5.69 Å². The number of nitrogens with zero attached hydrogens (tertiary/aromatic N) is 1. The molecule has 1 aliphatic rings. The Hall–Kier alpha value is -2.35. The third-order valence-electron chi connectivity index (χ3n) is 4.23. The van der Waals surface area contributed by atoms with E-state index in [1.54, 1.807) is 31.4 Å². The summed E-state index contributed by atoms with van der Waals surface area (Å²) in [5, 5.41) is 3.40. The Morgan fingerprint density at radius 2 is 1.97 bits per heavy atom. The second kappa shape index (κ2) is 9.91. The molecule has 2 aromatic carbocycles. The molecule has 29 heavy (non-hydrogen) atoms. The number of para-hydroxylation sites is 2. The smallest absolute Gasteiger partial charge is 0.266 e. The number of carbonyl (C=O) groups is 2. The molecule has 1 aliphatic heterocycles. The summed E-state index contributed by atoms with van der Waals surface area (Å²) in [6.45, 7) is 0.379. The molecular formula is C21H19ClN2O3S2. The second-order valence-corrected chi connectivity index (χ2v) is 8.29. The highest BCUT2D eigenvalue weighted by atomic mass is 35.5. The van der Waals surface area contributed by atoms with Crippen molar-refractivity contribution in [1.29, 1.82) is 0 Å². The highest BCUT2D eigenvalue weighted by Crippen LogP contribution is 2.34. The van der Waals surface area contributed by atoms with Crippen LogP contribution in [0.3, 0.4) is 0 Å². The Balaban J connectivity index is 1.55. The lowest BCUT2D eigenvalue weighted by Crippen LogP contribution is -2.29. The van der Waals surface area contributed by atoms with Crippen molar-refractivity contribution < 1.29 is 14.3 Å². The number of amides is 2. The van der Waals surface area contributed by atoms with Crippen molar-refractivity contribution in [2.24, 2.45) is 0 Å². The monoisotopic (exact) mass is 446 g/mol. The zero-order chi connectivity index (χ0) is 20.8. The summed E-state index contributed by atoms with van der Waals surface area (Å²) in [5.41, 5.74) is 1.39. The van der Waals surface area contributed by atoms with E-state index in [4.69, 9.17) is 28.6 Å². The fourth-order valence-corrected chi connectivity index (χ4v) is 4.27. The van der Waals surface area contributed by atoms with Crippen LogP contribution in [-0.4, -0.2) is 34.7 Å². The van der Waals surface area contributed by atoms with Gasteiger partial charge in [-0.2, -0.15) is 0 Å². The van der Waals surface area contributed by atoms with Gasteiger partial charge in [-0.15, -0.1) is 0 Å². The van der Waals surface area contributed by atoms with Crippen LogP contribution in [0.25, 0.3) is 6.08 Å². The molecule has 150 valence electrons. The fraction of sp³-hybridized carbons (Fsp3) is 0.190. The highest BCUT2D eigenvalue weighted by molar-refractivity contribution is 8.26. The minimum absolute atomic E-state index is 0.147. The summed E-state index contributed by atoms with van der Waals surface area (Å²) in [7, 11) is 1.55. The number of methoxy groups -OCH3 is 1. The van der Waals surface area contributed by atoms with Gasteiger partial charge in [0, 0.05) is 18.0 Å². The normalized spacial score (nSPS) is 15.1. The van der Waals surface area contributed by atoms with Gasteiger partial charge in [-0.3, -0.25) is 14.5 Å². The maximum Gasteiger partial charge on any atom is 0.266 e. The zero-order valence-electron chi connectivity index (χ0n) is 15.7. The SMILES string of the molecule is COc1ccccc1NC(=O)CCCN1C(=O)C(=Cc2ccccc2Cl)SC1=S. The molecule has 2 amide bonds. The fourth-order valence-electron chi connectivity index (χ4n) is 2.78. The molecule has 5 nitrogen and oxygen atoms in total. The molecule has 1 saturated heterocycles. The molecule has 1 heterocycles. The lowest BCUT2D eigenvalue weighted by molar-refractivity contribution is -0.122. The van der Waals surface area contributed by atoms with Crippen molar-refractivity contribution >= 4 is 63.5 Å². The molecule has 0 bridgehead atoms. The van der Waals surface area contributed by atoms with E-state index in [0.29, 0.717) is 38.7 Å². The molecule has 0 atom stereocenters. The van der Waals surface area contributed by atoms with E-state index in [9.17, 15) is 9.59 Å². The molecular weight excluding hydrogens is 428 g/mol. The summed E-state index contributed by atoms with van der Waals surface area (Å²) < 4.78 is 5.71. The predicted molar refractivity (Wildman–Crippen MR) is 122 cm³/mol. The van der Waals surface area contributed by atoms with Gasteiger partial charge in [0.25, 0.3) is 5.91 Å². The van der Waals surface area contributed by atoms with Crippen LogP contribution in [0.5, 0.6) is 5.75 Å². The first-order valence-corrected chi connectivity index (χ1v) is 10.5. The summed E-state index contributed by atoms with van der Waals surface area (Å²) in [4.78, 5) is 27.0. The van der Waals surface area contributed by atoms with Gasteiger partial charge in [-0.05, 0) is 36.3 Å². The van der Waals surface area contributed by atoms with Gasteiger partial charge in [0.05, 0.1) is 17.7 Å². The van der Waals surface area contributed by atoms with Crippen molar-refractivity contribution in [2.45, 2.75) is 12.8 Å². The molecule has 1 N–H and O–H groups in total. The van der Waals surface area contributed by atoms with Crippen LogP contribution < -0.4 is 10.1 Å². The van der Waals surface area contributed by atoms with Crippen molar-refractivity contribution in [1.82, 2.24) is 4.90 Å².